The van der Waals surface area contributed by atoms with Gasteiger partial charge in [0, 0.05) is 35.3 Å². The second-order valence-corrected chi connectivity index (χ2v) is 7.76. The summed E-state index contributed by atoms with van der Waals surface area (Å²) in [6.45, 7) is 5.36. The van der Waals surface area contributed by atoms with Gasteiger partial charge in [-0.1, -0.05) is 43.1 Å². The van der Waals surface area contributed by atoms with Gasteiger partial charge in [-0.2, -0.15) is 0 Å². The first-order valence-corrected chi connectivity index (χ1v) is 10.4. The van der Waals surface area contributed by atoms with Crippen molar-refractivity contribution < 1.29 is 9.59 Å². The zero-order valence-electron chi connectivity index (χ0n) is 16.3. The maximum absolute atomic E-state index is 12.9. The monoisotopic (exact) mass is 398 g/mol. The third-order valence-corrected chi connectivity index (χ3v) is 5.53. The number of halogens is 1. The van der Waals surface area contributed by atoms with Crippen LogP contribution < -0.4 is 5.32 Å². The van der Waals surface area contributed by atoms with Crippen LogP contribution in [-0.4, -0.2) is 42.3 Å². The largest absolute Gasteiger partial charge is 0.349 e. The summed E-state index contributed by atoms with van der Waals surface area (Å²) in [5.41, 5.74) is 1.37. The Kier molecular flexibility index (Phi) is 7.24. The lowest BCUT2D eigenvalue weighted by atomic mass is 9.97. The Morgan fingerprint density at radius 1 is 1.04 bits per heavy atom. The summed E-state index contributed by atoms with van der Waals surface area (Å²) in [7, 11) is 0. The predicted molar refractivity (Wildman–Crippen MR) is 113 cm³/mol. The lowest BCUT2D eigenvalue weighted by Crippen LogP contribution is -2.45. The highest BCUT2D eigenvalue weighted by atomic mass is 35.5. The highest BCUT2D eigenvalue weighted by Gasteiger charge is 2.23. The van der Waals surface area contributed by atoms with Crippen LogP contribution in [0.15, 0.2) is 48.5 Å². The van der Waals surface area contributed by atoms with Crippen LogP contribution in [0.2, 0.25) is 5.02 Å². The summed E-state index contributed by atoms with van der Waals surface area (Å²) >= 11 is 5.91. The fourth-order valence-electron chi connectivity index (χ4n) is 3.58. The van der Waals surface area contributed by atoms with Crippen molar-refractivity contribution in [3.05, 3.63) is 70.2 Å². The quantitative estimate of drug-likeness (QED) is 0.695. The second-order valence-electron chi connectivity index (χ2n) is 7.32. The number of ketones is 1. The van der Waals surface area contributed by atoms with E-state index >= 15 is 0 Å². The minimum atomic E-state index is -0.176. The molecule has 148 valence electrons. The van der Waals surface area contributed by atoms with E-state index in [1.165, 1.54) is 12.8 Å². The molecule has 0 radical (unpaired) electrons. The molecule has 0 unspecified atom stereocenters. The van der Waals surface area contributed by atoms with Crippen LogP contribution in [0.1, 0.15) is 58.9 Å². The summed E-state index contributed by atoms with van der Waals surface area (Å²) in [5, 5.41) is 3.71. The first kappa shape index (κ1) is 20.6. The summed E-state index contributed by atoms with van der Waals surface area (Å²) in [5.74, 6) is -0.346. The molecule has 1 fully saturated rings. The second kappa shape index (κ2) is 9.85. The number of hydrogen-bond donors (Lipinski definition) is 1. The molecule has 2 aromatic carbocycles. The van der Waals surface area contributed by atoms with Gasteiger partial charge in [-0.15, -0.1) is 0 Å². The molecule has 1 heterocycles. The van der Waals surface area contributed by atoms with Crippen molar-refractivity contribution in [2.45, 2.75) is 38.6 Å². The lowest BCUT2D eigenvalue weighted by molar-refractivity contribution is 0.0902. The van der Waals surface area contributed by atoms with Crippen molar-refractivity contribution in [1.82, 2.24) is 10.2 Å². The number of nitrogens with one attached hydrogen (secondary N) is 1. The molecule has 0 bridgehead atoms. The van der Waals surface area contributed by atoms with E-state index in [4.69, 9.17) is 11.6 Å². The molecule has 0 aromatic heterocycles. The zero-order chi connectivity index (χ0) is 19.9. The Morgan fingerprint density at radius 2 is 1.68 bits per heavy atom. The first-order valence-electron chi connectivity index (χ1n) is 10.0. The van der Waals surface area contributed by atoms with Gasteiger partial charge < -0.3 is 10.2 Å². The molecule has 0 atom stereocenters. The van der Waals surface area contributed by atoms with Crippen LogP contribution in [0.5, 0.6) is 0 Å². The summed E-state index contributed by atoms with van der Waals surface area (Å²) < 4.78 is 0. The number of unbranched alkanes of at least 4 members (excludes halogenated alkanes) is 1. The van der Waals surface area contributed by atoms with Crippen molar-refractivity contribution in [1.29, 1.82) is 0 Å². The molecule has 0 saturated carbocycles. The Bertz CT molecular complexity index is 812. The van der Waals surface area contributed by atoms with E-state index in [1.54, 1.807) is 48.5 Å². The van der Waals surface area contributed by atoms with Crippen molar-refractivity contribution in [2.75, 3.05) is 19.6 Å². The van der Waals surface area contributed by atoms with E-state index in [2.05, 4.69) is 17.1 Å². The zero-order valence-corrected chi connectivity index (χ0v) is 17.0. The van der Waals surface area contributed by atoms with Gasteiger partial charge in [0.25, 0.3) is 5.91 Å². The van der Waals surface area contributed by atoms with Crippen LogP contribution in [0, 0.1) is 0 Å². The molecule has 1 saturated heterocycles. The SMILES string of the molecule is CCCCN1CCC(NC(=O)c2ccccc2C(=O)c2ccc(Cl)cc2)CC1. The van der Waals surface area contributed by atoms with Gasteiger partial charge in [-0.25, -0.2) is 0 Å². The summed E-state index contributed by atoms with van der Waals surface area (Å²) in [6.07, 6.45) is 4.32. The number of carbonyl (C=O) groups excluding carboxylic acids is 2. The van der Waals surface area contributed by atoms with E-state index in [0.717, 1.165) is 32.5 Å². The predicted octanol–water partition coefficient (Wildman–Crippen LogP) is 4.57. The minimum absolute atomic E-state index is 0.157. The van der Waals surface area contributed by atoms with E-state index in [1.807, 2.05) is 0 Å². The summed E-state index contributed by atoms with van der Waals surface area (Å²) in [4.78, 5) is 28.2. The number of carbonyl (C=O) groups is 2. The fraction of sp³-hybridized carbons (Fsp3) is 0.391. The van der Waals surface area contributed by atoms with Crippen molar-refractivity contribution in [3.63, 3.8) is 0 Å². The maximum atomic E-state index is 12.9. The molecule has 28 heavy (non-hydrogen) atoms. The van der Waals surface area contributed by atoms with Gasteiger partial charge in [-0.05, 0) is 56.1 Å². The van der Waals surface area contributed by atoms with Crippen molar-refractivity contribution in [3.8, 4) is 0 Å². The average molecular weight is 399 g/mol. The topological polar surface area (TPSA) is 49.4 Å². The smallest absolute Gasteiger partial charge is 0.252 e. The number of piperidine rings is 1. The lowest BCUT2D eigenvalue weighted by Gasteiger charge is -2.32. The summed E-state index contributed by atoms with van der Waals surface area (Å²) in [6, 6.07) is 13.9. The molecule has 5 heteroatoms. The molecule has 1 aliphatic heterocycles. The van der Waals surface area contributed by atoms with Gasteiger partial charge in [0.05, 0.1) is 5.56 Å². The molecule has 3 rings (SSSR count). The Morgan fingerprint density at radius 3 is 2.32 bits per heavy atom. The van der Waals surface area contributed by atoms with Crippen LogP contribution in [0.4, 0.5) is 0 Å². The highest BCUT2D eigenvalue weighted by molar-refractivity contribution is 6.30. The Hall–Kier alpha value is -2.17. The van der Waals surface area contributed by atoms with Gasteiger partial charge >= 0.3 is 0 Å². The first-order chi connectivity index (χ1) is 13.6. The molecular weight excluding hydrogens is 372 g/mol. The van der Waals surface area contributed by atoms with Crippen LogP contribution in [0.3, 0.4) is 0 Å². The van der Waals surface area contributed by atoms with E-state index in [0.29, 0.717) is 21.7 Å². The maximum Gasteiger partial charge on any atom is 0.252 e. The van der Waals surface area contributed by atoms with Crippen LogP contribution in [-0.2, 0) is 0 Å². The third kappa shape index (κ3) is 5.21. The number of rotatable bonds is 7. The molecule has 0 spiro atoms. The molecule has 1 aliphatic rings. The van der Waals surface area contributed by atoms with Crippen molar-refractivity contribution in [2.24, 2.45) is 0 Å². The van der Waals surface area contributed by atoms with Crippen LogP contribution >= 0.6 is 11.6 Å². The highest BCUT2D eigenvalue weighted by Crippen LogP contribution is 2.18. The van der Waals surface area contributed by atoms with Gasteiger partial charge in [0.2, 0.25) is 0 Å². The standard InChI is InChI=1S/C23H27ClN2O2/c1-2-3-14-26-15-12-19(13-16-26)25-23(28)21-7-5-4-6-20(21)22(27)17-8-10-18(24)11-9-17/h4-11,19H,2-3,12-16H2,1H3,(H,25,28). The normalized spacial score (nSPS) is 15.4. The average Bonchev–Trinajstić information content (AvgIpc) is 2.73. The minimum Gasteiger partial charge on any atom is -0.349 e. The number of nitrogens with zero attached hydrogens (tertiary/aromatic N) is 1. The number of hydrogen-bond acceptors (Lipinski definition) is 3. The van der Waals surface area contributed by atoms with Gasteiger partial charge in [-0.3, -0.25) is 9.59 Å². The number of likely N-dealkylation sites (tertiary alicyclic amines) is 1. The third-order valence-electron chi connectivity index (χ3n) is 5.27. The molecular formula is C23H27ClN2O2. The molecule has 0 aliphatic carbocycles. The number of amides is 1. The van der Waals surface area contributed by atoms with E-state index in [-0.39, 0.29) is 17.7 Å². The van der Waals surface area contributed by atoms with Crippen molar-refractivity contribution >= 4 is 23.3 Å². The van der Waals surface area contributed by atoms with Gasteiger partial charge in [0.15, 0.2) is 5.78 Å². The molecule has 1 N–H and O–H groups in total. The molecule has 2 aromatic rings. The Balaban J connectivity index is 1.66. The van der Waals surface area contributed by atoms with Gasteiger partial charge in [0.1, 0.15) is 0 Å². The van der Waals surface area contributed by atoms with Crippen LogP contribution in [0.25, 0.3) is 0 Å². The molecule has 4 nitrogen and oxygen atoms in total. The Labute approximate surface area is 171 Å². The molecule has 1 amide bonds. The fourth-order valence-corrected chi connectivity index (χ4v) is 3.71. The van der Waals surface area contributed by atoms with E-state index < -0.39 is 0 Å². The van der Waals surface area contributed by atoms with E-state index in [9.17, 15) is 9.59 Å². The number of benzene rings is 2.